The molecule has 1 aromatic carbocycles. The fourth-order valence-corrected chi connectivity index (χ4v) is 4.09. The van der Waals surface area contributed by atoms with Crippen molar-refractivity contribution in [2.45, 2.75) is 18.6 Å². The van der Waals surface area contributed by atoms with Crippen LogP contribution in [0.2, 0.25) is 0 Å². The summed E-state index contributed by atoms with van der Waals surface area (Å²) >= 11 is 0. The zero-order valence-corrected chi connectivity index (χ0v) is 16.3. The first kappa shape index (κ1) is 19.3. The molecule has 1 fully saturated rings. The minimum Gasteiger partial charge on any atom is -0.366 e. The molecule has 5 rings (SSSR count). The Hall–Kier alpha value is -3.62. The first-order chi connectivity index (χ1) is 14.9. The summed E-state index contributed by atoms with van der Waals surface area (Å²) in [5.74, 6) is 0.862. The van der Waals surface area contributed by atoms with Crippen LogP contribution in [0.15, 0.2) is 60.8 Å². The standard InChI is InChI=1S/C22H18F3N5O/c23-22(24,25)15-5-3-4-14(12-15)17-7-8-18-20(27-17)30(16-9-11-29(18)13-16)21(31)28-19-6-1-2-10-26-19/h1-8,10,12,16H,9,11,13H2,(H,26,28,31)/t16-/m0/s1. The second-order valence-corrected chi connectivity index (χ2v) is 7.52. The van der Waals surface area contributed by atoms with Crippen LogP contribution >= 0.6 is 0 Å². The van der Waals surface area contributed by atoms with Crippen molar-refractivity contribution in [3.05, 3.63) is 66.4 Å². The number of nitrogens with one attached hydrogen (secondary N) is 1. The van der Waals surface area contributed by atoms with Gasteiger partial charge in [-0.1, -0.05) is 18.2 Å². The van der Waals surface area contributed by atoms with Gasteiger partial charge in [0.25, 0.3) is 0 Å². The van der Waals surface area contributed by atoms with E-state index in [-0.39, 0.29) is 12.1 Å². The van der Waals surface area contributed by atoms with Crippen LogP contribution < -0.4 is 15.1 Å². The Labute approximate surface area is 176 Å². The van der Waals surface area contributed by atoms with Crippen LogP contribution in [-0.2, 0) is 6.18 Å². The van der Waals surface area contributed by atoms with Gasteiger partial charge in [-0.15, -0.1) is 0 Å². The van der Waals surface area contributed by atoms with Crippen LogP contribution in [0.5, 0.6) is 0 Å². The summed E-state index contributed by atoms with van der Waals surface area (Å²) in [5, 5.41) is 2.79. The first-order valence-corrected chi connectivity index (χ1v) is 9.85. The van der Waals surface area contributed by atoms with E-state index >= 15 is 0 Å². The minimum absolute atomic E-state index is 0.0690. The molecule has 2 bridgehead atoms. The van der Waals surface area contributed by atoms with Crippen molar-refractivity contribution in [1.82, 2.24) is 9.97 Å². The number of amides is 2. The van der Waals surface area contributed by atoms with Crippen molar-refractivity contribution in [2.24, 2.45) is 0 Å². The van der Waals surface area contributed by atoms with Crippen LogP contribution in [0.25, 0.3) is 11.3 Å². The van der Waals surface area contributed by atoms with Crippen LogP contribution in [0.4, 0.5) is 35.3 Å². The number of nitrogens with zero attached hydrogens (tertiary/aromatic N) is 4. The molecule has 2 aliphatic heterocycles. The molecule has 2 aromatic heterocycles. The zero-order valence-electron chi connectivity index (χ0n) is 16.3. The maximum Gasteiger partial charge on any atom is 0.416 e. The van der Waals surface area contributed by atoms with Gasteiger partial charge in [-0.05, 0) is 42.8 Å². The largest absolute Gasteiger partial charge is 0.416 e. The summed E-state index contributed by atoms with van der Waals surface area (Å²) in [6.07, 6.45) is -2.07. The Kier molecular flexibility index (Phi) is 4.53. The van der Waals surface area contributed by atoms with Gasteiger partial charge in [0.2, 0.25) is 0 Å². The first-order valence-electron chi connectivity index (χ1n) is 9.85. The molecule has 0 unspecified atom stereocenters. The average Bonchev–Trinajstić information content (AvgIpc) is 3.18. The van der Waals surface area contributed by atoms with E-state index in [0.717, 1.165) is 30.8 Å². The van der Waals surface area contributed by atoms with E-state index in [9.17, 15) is 18.0 Å². The lowest BCUT2D eigenvalue weighted by atomic mass is 10.1. The van der Waals surface area contributed by atoms with Gasteiger partial charge in [0.05, 0.1) is 23.0 Å². The maximum absolute atomic E-state index is 13.1. The van der Waals surface area contributed by atoms with Gasteiger partial charge in [0, 0.05) is 24.8 Å². The molecule has 31 heavy (non-hydrogen) atoms. The molecule has 0 radical (unpaired) electrons. The number of carbonyl (C=O) groups is 1. The fraction of sp³-hybridized carbons (Fsp3) is 0.227. The van der Waals surface area contributed by atoms with E-state index in [1.54, 1.807) is 41.4 Å². The molecule has 0 aliphatic carbocycles. The molecule has 1 saturated heterocycles. The number of benzene rings is 1. The second kappa shape index (κ2) is 7.26. The van der Waals surface area contributed by atoms with E-state index in [1.807, 2.05) is 6.07 Å². The van der Waals surface area contributed by atoms with E-state index in [0.29, 0.717) is 29.4 Å². The third-order valence-corrected chi connectivity index (χ3v) is 5.56. The molecule has 9 heteroatoms. The van der Waals surface area contributed by atoms with Crippen molar-refractivity contribution >= 4 is 23.4 Å². The molecular weight excluding hydrogens is 407 g/mol. The molecule has 2 amide bonds. The SMILES string of the molecule is O=C(Nc1ccccn1)N1c2nc(-c3cccc(C(F)(F)F)c3)ccc2N2CC[C@H]1C2. The van der Waals surface area contributed by atoms with Crippen molar-refractivity contribution in [3.63, 3.8) is 0 Å². The number of carbonyl (C=O) groups excluding carboxylic acids is 1. The Morgan fingerprint density at radius 3 is 2.74 bits per heavy atom. The fourth-order valence-electron chi connectivity index (χ4n) is 4.09. The van der Waals surface area contributed by atoms with Crippen LogP contribution in [0, 0.1) is 0 Å². The van der Waals surface area contributed by atoms with Gasteiger partial charge in [-0.3, -0.25) is 10.2 Å². The van der Waals surface area contributed by atoms with E-state index in [2.05, 4.69) is 20.2 Å². The second-order valence-electron chi connectivity index (χ2n) is 7.52. The Balaban J connectivity index is 1.54. The lowest BCUT2D eigenvalue weighted by molar-refractivity contribution is -0.137. The topological polar surface area (TPSA) is 61.4 Å². The summed E-state index contributed by atoms with van der Waals surface area (Å²) in [6, 6.07) is 13.3. The van der Waals surface area contributed by atoms with Crippen molar-refractivity contribution in [3.8, 4) is 11.3 Å². The molecule has 0 saturated carbocycles. The van der Waals surface area contributed by atoms with Crippen molar-refractivity contribution in [1.29, 1.82) is 0 Å². The van der Waals surface area contributed by atoms with Crippen molar-refractivity contribution in [2.75, 3.05) is 28.2 Å². The summed E-state index contributed by atoms with van der Waals surface area (Å²) in [4.78, 5) is 25.6. The number of aromatic nitrogens is 2. The number of rotatable bonds is 2. The van der Waals surface area contributed by atoms with Gasteiger partial charge in [0.15, 0.2) is 5.82 Å². The smallest absolute Gasteiger partial charge is 0.366 e. The normalized spacial score (nSPS) is 17.5. The Morgan fingerprint density at radius 2 is 1.97 bits per heavy atom. The lowest BCUT2D eigenvalue weighted by Gasteiger charge is -2.35. The molecule has 1 N–H and O–H groups in total. The zero-order chi connectivity index (χ0) is 21.6. The van der Waals surface area contributed by atoms with E-state index in [4.69, 9.17) is 0 Å². The number of hydrogen-bond donors (Lipinski definition) is 1. The summed E-state index contributed by atoms with van der Waals surface area (Å²) in [7, 11) is 0. The highest BCUT2D eigenvalue weighted by Crippen LogP contribution is 2.41. The number of fused-ring (bicyclic) bond motifs is 4. The monoisotopic (exact) mass is 425 g/mol. The third-order valence-electron chi connectivity index (χ3n) is 5.56. The van der Waals surface area contributed by atoms with E-state index in [1.165, 1.54) is 6.07 Å². The molecular formula is C22H18F3N5O. The Bertz CT molecular complexity index is 1140. The van der Waals surface area contributed by atoms with Crippen LogP contribution in [0.3, 0.4) is 0 Å². The van der Waals surface area contributed by atoms with Crippen LogP contribution in [0.1, 0.15) is 12.0 Å². The number of urea groups is 1. The van der Waals surface area contributed by atoms with Gasteiger partial charge < -0.3 is 4.90 Å². The van der Waals surface area contributed by atoms with Gasteiger partial charge >= 0.3 is 12.2 Å². The van der Waals surface area contributed by atoms with E-state index < -0.39 is 11.7 Å². The number of hydrogen-bond acceptors (Lipinski definition) is 4. The Morgan fingerprint density at radius 1 is 1.10 bits per heavy atom. The number of alkyl halides is 3. The van der Waals surface area contributed by atoms with Gasteiger partial charge in [-0.25, -0.2) is 14.8 Å². The molecule has 2 aliphatic rings. The molecule has 1 atom stereocenters. The van der Waals surface area contributed by atoms with Crippen molar-refractivity contribution < 1.29 is 18.0 Å². The number of anilines is 3. The predicted molar refractivity (Wildman–Crippen MR) is 111 cm³/mol. The highest BCUT2D eigenvalue weighted by atomic mass is 19.4. The average molecular weight is 425 g/mol. The summed E-state index contributed by atoms with van der Waals surface area (Å²) in [6.45, 7) is 1.48. The van der Waals surface area contributed by atoms with Gasteiger partial charge in [-0.2, -0.15) is 13.2 Å². The number of pyridine rings is 2. The lowest BCUT2D eigenvalue weighted by Crippen LogP contribution is -2.48. The summed E-state index contributed by atoms with van der Waals surface area (Å²) < 4.78 is 39.4. The summed E-state index contributed by atoms with van der Waals surface area (Å²) in [5.41, 5.74) is 0.775. The molecule has 158 valence electrons. The molecule has 3 aromatic rings. The van der Waals surface area contributed by atoms with Gasteiger partial charge in [0.1, 0.15) is 5.82 Å². The third kappa shape index (κ3) is 3.56. The van der Waals surface area contributed by atoms with Crippen LogP contribution in [-0.4, -0.2) is 35.1 Å². The maximum atomic E-state index is 13.1. The molecule has 0 spiro atoms. The molecule has 6 nitrogen and oxygen atoms in total. The predicted octanol–water partition coefficient (Wildman–Crippen LogP) is 4.79. The highest BCUT2D eigenvalue weighted by molar-refractivity contribution is 6.04. The highest BCUT2D eigenvalue weighted by Gasteiger charge is 2.40. The minimum atomic E-state index is -4.44. The number of halogens is 3. The quantitative estimate of drug-likeness (QED) is 0.641. The molecule has 4 heterocycles.